The Kier molecular flexibility index (Phi) is 3.29. The second-order valence-electron chi connectivity index (χ2n) is 6.66. The molecule has 2 saturated heterocycles. The van der Waals surface area contributed by atoms with Gasteiger partial charge in [0.25, 0.3) is 0 Å². The van der Waals surface area contributed by atoms with Crippen molar-refractivity contribution in [1.82, 2.24) is 9.80 Å². The normalized spacial score (nSPS) is 32.0. The lowest BCUT2D eigenvalue weighted by Gasteiger charge is -2.27. The van der Waals surface area contributed by atoms with Gasteiger partial charge in [-0.05, 0) is 49.9 Å². The summed E-state index contributed by atoms with van der Waals surface area (Å²) in [5.74, 6) is 0. The van der Waals surface area contributed by atoms with Crippen molar-refractivity contribution in [2.45, 2.75) is 43.9 Å². The molecule has 3 aliphatic rings. The minimum Gasteiger partial charge on any atom is -0.390 e. The Hall–Kier alpha value is -0.900. The van der Waals surface area contributed by atoms with E-state index in [0.717, 1.165) is 25.9 Å². The maximum atomic E-state index is 10.4. The van der Waals surface area contributed by atoms with Crippen LogP contribution in [0.2, 0.25) is 0 Å². The summed E-state index contributed by atoms with van der Waals surface area (Å²) < 4.78 is 0. The van der Waals surface area contributed by atoms with Gasteiger partial charge in [0, 0.05) is 25.2 Å². The lowest BCUT2D eigenvalue weighted by molar-refractivity contribution is 0.0973. The first kappa shape index (κ1) is 12.8. The van der Waals surface area contributed by atoms with Crippen LogP contribution in [0.5, 0.6) is 0 Å². The van der Waals surface area contributed by atoms with E-state index >= 15 is 0 Å². The molecule has 108 valence electrons. The molecule has 0 radical (unpaired) electrons. The molecule has 3 nitrogen and oxygen atoms in total. The van der Waals surface area contributed by atoms with Gasteiger partial charge in [0.1, 0.15) is 0 Å². The van der Waals surface area contributed by atoms with E-state index in [0.29, 0.717) is 12.1 Å². The van der Waals surface area contributed by atoms with Crippen LogP contribution >= 0.6 is 0 Å². The predicted octanol–water partition coefficient (Wildman–Crippen LogP) is 1.29. The van der Waals surface area contributed by atoms with Crippen LogP contribution in [-0.2, 0) is 12.8 Å². The minimum absolute atomic E-state index is 0.156. The Morgan fingerprint density at radius 3 is 2.20 bits per heavy atom. The fourth-order valence-corrected chi connectivity index (χ4v) is 4.32. The highest BCUT2D eigenvalue weighted by molar-refractivity contribution is 5.33. The van der Waals surface area contributed by atoms with Gasteiger partial charge in [0.2, 0.25) is 0 Å². The zero-order valence-electron chi connectivity index (χ0n) is 12.0. The molecule has 2 atom stereocenters. The maximum Gasteiger partial charge on any atom is 0.0834 e. The number of benzene rings is 1. The summed E-state index contributed by atoms with van der Waals surface area (Å²) in [6.07, 6.45) is 4.78. The summed E-state index contributed by atoms with van der Waals surface area (Å²) in [7, 11) is 0. The third-order valence-corrected chi connectivity index (χ3v) is 5.44. The maximum absolute atomic E-state index is 10.4. The molecule has 0 aromatic heterocycles. The van der Waals surface area contributed by atoms with Crippen molar-refractivity contribution < 1.29 is 5.11 Å². The Labute approximate surface area is 121 Å². The standard InChI is InChI=1S/C17H24N2O/c20-17-12-19(11-16(17)18-7-3-4-8-18)15-9-13-5-1-2-6-14(13)10-15/h1-2,5-6,15-17,20H,3-4,7-12H2/t16-,17-/m0/s1. The number of fused-ring (bicyclic) bond motifs is 1. The van der Waals surface area contributed by atoms with E-state index in [1.165, 1.54) is 37.1 Å². The highest BCUT2D eigenvalue weighted by Gasteiger charge is 2.40. The molecule has 2 heterocycles. The van der Waals surface area contributed by atoms with Gasteiger partial charge >= 0.3 is 0 Å². The second kappa shape index (κ2) is 5.14. The lowest BCUT2D eigenvalue weighted by Crippen LogP contribution is -2.42. The predicted molar refractivity (Wildman–Crippen MR) is 79.8 cm³/mol. The van der Waals surface area contributed by atoms with E-state index in [1.54, 1.807) is 0 Å². The van der Waals surface area contributed by atoms with Crippen molar-refractivity contribution in [1.29, 1.82) is 0 Å². The molecule has 0 unspecified atom stereocenters. The number of nitrogens with zero attached hydrogens (tertiary/aromatic N) is 2. The largest absolute Gasteiger partial charge is 0.390 e. The van der Waals surface area contributed by atoms with Crippen LogP contribution in [0.3, 0.4) is 0 Å². The van der Waals surface area contributed by atoms with Gasteiger partial charge in [-0.25, -0.2) is 0 Å². The van der Waals surface area contributed by atoms with Crippen LogP contribution in [-0.4, -0.2) is 59.3 Å². The van der Waals surface area contributed by atoms with Crippen LogP contribution in [0, 0.1) is 0 Å². The summed E-state index contributed by atoms with van der Waals surface area (Å²) in [5, 5.41) is 10.4. The van der Waals surface area contributed by atoms with Crippen LogP contribution in [0.25, 0.3) is 0 Å². The molecule has 3 heteroatoms. The van der Waals surface area contributed by atoms with Gasteiger partial charge < -0.3 is 5.11 Å². The Morgan fingerprint density at radius 2 is 1.55 bits per heavy atom. The Balaban J connectivity index is 1.44. The van der Waals surface area contributed by atoms with Crippen LogP contribution in [0.4, 0.5) is 0 Å². The van der Waals surface area contributed by atoms with Crippen LogP contribution < -0.4 is 0 Å². The molecule has 4 rings (SSSR count). The molecule has 0 bridgehead atoms. The zero-order valence-corrected chi connectivity index (χ0v) is 12.0. The third-order valence-electron chi connectivity index (χ3n) is 5.44. The summed E-state index contributed by atoms with van der Waals surface area (Å²) in [4.78, 5) is 5.04. The van der Waals surface area contributed by atoms with Gasteiger partial charge in [-0.2, -0.15) is 0 Å². The van der Waals surface area contributed by atoms with Gasteiger partial charge in [-0.15, -0.1) is 0 Å². The molecule has 20 heavy (non-hydrogen) atoms. The lowest BCUT2D eigenvalue weighted by atomic mass is 10.1. The van der Waals surface area contributed by atoms with Crippen molar-refractivity contribution in [3.8, 4) is 0 Å². The number of aliphatic hydroxyl groups is 1. The molecule has 0 spiro atoms. The van der Waals surface area contributed by atoms with Crippen molar-refractivity contribution in [3.05, 3.63) is 35.4 Å². The monoisotopic (exact) mass is 272 g/mol. The summed E-state index contributed by atoms with van der Waals surface area (Å²) >= 11 is 0. The van der Waals surface area contributed by atoms with E-state index in [9.17, 15) is 5.11 Å². The van der Waals surface area contributed by atoms with Crippen molar-refractivity contribution in [2.75, 3.05) is 26.2 Å². The molecule has 0 saturated carbocycles. The topological polar surface area (TPSA) is 26.7 Å². The van der Waals surface area contributed by atoms with Crippen molar-refractivity contribution in [3.63, 3.8) is 0 Å². The molecule has 1 aromatic rings. The van der Waals surface area contributed by atoms with Gasteiger partial charge in [0.15, 0.2) is 0 Å². The molecular weight excluding hydrogens is 248 g/mol. The molecular formula is C17H24N2O. The number of hydrogen-bond acceptors (Lipinski definition) is 3. The van der Waals surface area contributed by atoms with Gasteiger partial charge in [-0.3, -0.25) is 9.80 Å². The Bertz CT molecular complexity index is 459. The number of β-amino-alcohol motifs (C(OH)–C–C–N with tert-alkyl or cyclic N) is 1. The first-order valence-electron chi connectivity index (χ1n) is 8.04. The first-order valence-corrected chi connectivity index (χ1v) is 8.04. The zero-order chi connectivity index (χ0) is 13.5. The second-order valence-corrected chi connectivity index (χ2v) is 6.66. The highest BCUT2D eigenvalue weighted by Crippen LogP contribution is 2.29. The van der Waals surface area contributed by atoms with Gasteiger partial charge in [0.05, 0.1) is 6.10 Å². The molecule has 2 aliphatic heterocycles. The highest BCUT2D eigenvalue weighted by atomic mass is 16.3. The average molecular weight is 272 g/mol. The van der Waals surface area contributed by atoms with E-state index < -0.39 is 0 Å². The summed E-state index contributed by atoms with van der Waals surface area (Å²) in [6.45, 7) is 4.28. The van der Waals surface area contributed by atoms with Crippen molar-refractivity contribution in [2.24, 2.45) is 0 Å². The third kappa shape index (κ3) is 2.18. The van der Waals surface area contributed by atoms with E-state index in [-0.39, 0.29) is 6.10 Å². The SMILES string of the molecule is O[C@H]1CN(C2Cc3ccccc3C2)C[C@@H]1N1CCCC1. The van der Waals surface area contributed by atoms with Gasteiger partial charge in [-0.1, -0.05) is 24.3 Å². The number of likely N-dealkylation sites (tertiary alicyclic amines) is 2. The van der Waals surface area contributed by atoms with E-state index in [1.807, 2.05) is 0 Å². The molecule has 1 N–H and O–H groups in total. The fraction of sp³-hybridized carbons (Fsp3) is 0.647. The molecule has 1 aliphatic carbocycles. The minimum atomic E-state index is -0.156. The number of aliphatic hydroxyl groups excluding tert-OH is 1. The van der Waals surface area contributed by atoms with Crippen molar-refractivity contribution >= 4 is 0 Å². The molecule has 1 aromatic carbocycles. The van der Waals surface area contributed by atoms with E-state index in [4.69, 9.17) is 0 Å². The fourth-order valence-electron chi connectivity index (χ4n) is 4.32. The number of rotatable bonds is 2. The first-order chi connectivity index (χ1) is 9.81. The average Bonchev–Trinajstić information content (AvgIpc) is 3.16. The number of hydrogen-bond donors (Lipinski definition) is 1. The molecule has 2 fully saturated rings. The summed E-state index contributed by atoms with van der Waals surface area (Å²) in [5.41, 5.74) is 3.02. The van der Waals surface area contributed by atoms with Crippen LogP contribution in [0.15, 0.2) is 24.3 Å². The quantitative estimate of drug-likeness (QED) is 0.879. The van der Waals surface area contributed by atoms with E-state index in [2.05, 4.69) is 34.1 Å². The molecule has 0 amide bonds. The van der Waals surface area contributed by atoms with Crippen LogP contribution in [0.1, 0.15) is 24.0 Å². The Morgan fingerprint density at radius 1 is 0.900 bits per heavy atom. The smallest absolute Gasteiger partial charge is 0.0834 e. The summed E-state index contributed by atoms with van der Waals surface area (Å²) in [6, 6.07) is 9.80.